The summed E-state index contributed by atoms with van der Waals surface area (Å²) in [5.41, 5.74) is -0.983. The highest BCUT2D eigenvalue weighted by molar-refractivity contribution is 6.30. The van der Waals surface area contributed by atoms with Gasteiger partial charge in [-0.2, -0.15) is 0 Å². The van der Waals surface area contributed by atoms with Gasteiger partial charge in [-0.25, -0.2) is 18.9 Å². The lowest BCUT2D eigenvalue weighted by Gasteiger charge is -2.28. The minimum Gasteiger partial charge on any atom is -0.443 e. The summed E-state index contributed by atoms with van der Waals surface area (Å²) in [6.07, 6.45) is -0.681. The highest BCUT2D eigenvalue weighted by Gasteiger charge is 2.55. The lowest BCUT2D eigenvalue weighted by Crippen LogP contribution is -2.45. The molecule has 1 saturated heterocycles. The molecule has 2 aromatic carbocycles. The van der Waals surface area contributed by atoms with Crippen molar-refractivity contribution in [3.05, 3.63) is 58.9 Å². The second-order valence-corrected chi connectivity index (χ2v) is 12.8. The molecule has 0 radical (unpaired) electrons. The van der Waals surface area contributed by atoms with Crippen LogP contribution < -0.4 is 0 Å². The van der Waals surface area contributed by atoms with E-state index >= 15 is 0 Å². The molecule has 0 aromatic heterocycles. The summed E-state index contributed by atoms with van der Waals surface area (Å²) in [6, 6.07) is 11.1. The number of likely N-dealkylation sites (tertiary alicyclic amines) is 1. The van der Waals surface area contributed by atoms with Gasteiger partial charge in [0.25, 0.3) is 0 Å². The number of aliphatic hydroxyl groups is 1. The number of amides is 2. The lowest BCUT2D eigenvalue weighted by atomic mass is 9.81. The van der Waals surface area contributed by atoms with Crippen LogP contribution in [-0.4, -0.2) is 58.6 Å². The number of hydrogen-bond acceptors (Lipinski definition) is 7. The van der Waals surface area contributed by atoms with E-state index in [0.29, 0.717) is 29.0 Å². The van der Waals surface area contributed by atoms with Gasteiger partial charge in [-0.05, 0) is 96.6 Å². The van der Waals surface area contributed by atoms with Crippen molar-refractivity contribution in [2.75, 3.05) is 13.2 Å². The molecule has 0 spiro atoms. The van der Waals surface area contributed by atoms with Crippen LogP contribution in [-0.2, 0) is 25.4 Å². The fraction of sp³-hybridized carbons (Fsp3) is 0.516. The molecule has 1 fully saturated rings. The fourth-order valence-electron chi connectivity index (χ4n) is 4.82. The van der Waals surface area contributed by atoms with Crippen LogP contribution in [0.4, 0.5) is 14.0 Å². The van der Waals surface area contributed by atoms with E-state index in [1.165, 1.54) is 12.1 Å². The molecule has 1 unspecified atom stereocenters. The monoisotopic (exact) mass is 591 g/mol. The van der Waals surface area contributed by atoms with Crippen LogP contribution in [0.2, 0.25) is 5.02 Å². The molecule has 0 saturated carbocycles. The van der Waals surface area contributed by atoms with Crippen LogP contribution in [0.25, 0.3) is 11.1 Å². The molecule has 224 valence electrons. The second-order valence-electron chi connectivity index (χ2n) is 12.4. The van der Waals surface area contributed by atoms with E-state index in [0.717, 1.165) is 10.5 Å². The number of benzene rings is 2. The molecule has 10 heteroatoms. The predicted molar refractivity (Wildman–Crippen MR) is 153 cm³/mol. The van der Waals surface area contributed by atoms with Gasteiger partial charge in [0.1, 0.15) is 23.6 Å². The minimum atomic E-state index is -1.32. The Kier molecular flexibility index (Phi) is 10.1. The lowest BCUT2D eigenvalue weighted by molar-refractivity contribution is -0.139. The van der Waals surface area contributed by atoms with Crippen molar-refractivity contribution in [2.24, 2.45) is 5.41 Å². The summed E-state index contributed by atoms with van der Waals surface area (Å²) in [4.78, 5) is 40.3. The zero-order chi connectivity index (χ0) is 30.6. The molecule has 0 bridgehead atoms. The number of carbonyl (C=O) groups is 3. The van der Waals surface area contributed by atoms with Gasteiger partial charge in [0, 0.05) is 23.2 Å². The van der Waals surface area contributed by atoms with Crippen LogP contribution in [0.3, 0.4) is 0 Å². The summed E-state index contributed by atoms with van der Waals surface area (Å²) in [5.74, 6) is -0.949. The number of rotatable bonds is 8. The fourth-order valence-corrected chi connectivity index (χ4v) is 4.99. The Morgan fingerprint density at radius 2 is 1.68 bits per heavy atom. The Morgan fingerprint density at radius 3 is 2.27 bits per heavy atom. The number of ether oxygens (including phenoxy) is 3. The average molecular weight is 592 g/mol. The molecule has 2 amide bonds. The number of carbonyl (C=O) groups excluding carboxylic acids is 3. The van der Waals surface area contributed by atoms with E-state index in [-0.39, 0.29) is 31.9 Å². The number of imide groups is 1. The summed E-state index contributed by atoms with van der Waals surface area (Å²) < 4.78 is 30.4. The Hall–Kier alpha value is -3.17. The molecule has 1 N–H and O–H groups in total. The van der Waals surface area contributed by atoms with E-state index in [1.54, 1.807) is 59.7 Å². The van der Waals surface area contributed by atoms with Crippen LogP contribution >= 0.6 is 11.6 Å². The number of nitrogens with zero attached hydrogens (tertiary/aromatic N) is 1. The van der Waals surface area contributed by atoms with Gasteiger partial charge in [0.2, 0.25) is 5.91 Å². The van der Waals surface area contributed by atoms with Crippen molar-refractivity contribution in [3.63, 3.8) is 0 Å². The molecule has 1 aliphatic rings. The Balaban J connectivity index is 1.82. The summed E-state index contributed by atoms with van der Waals surface area (Å²) in [7, 11) is 0. The summed E-state index contributed by atoms with van der Waals surface area (Å²) >= 11 is 6.04. The first-order valence-electron chi connectivity index (χ1n) is 13.6. The van der Waals surface area contributed by atoms with E-state index in [4.69, 9.17) is 25.8 Å². The van der Waals surface area contributed by atoms with Crippen molar-refractivity contribution >= 4 is 29.8 Å². The molecule has 8 nitrogen and oxygen atoms in total. The number of aryl methyl sites for hydroxylation is 1. The first kappa shape index (κ1) is 32.3. The van der Waals surface area contributed by atoms with Crippen LogP contribution in [0, 0.1) is 11.2 Å². The summed E-state index contributed by atoms with van der Waals surface area (Å²) in [5, 5.41) is 10.3. The second kappa shape index (κ2) is 12.8. The molecular formula is C31H39ClFNO7. The Bertz CT molecular complexity index is 1250. The predicted octanol–water partition coefficient (Wildman–Crippen LogP) is 6.94. The molecule has 2 atom stereocenters. The molecule has 2 aromatic rings. The summed E-state index contributed by atoms with van der Waals surface area (Å²) in [6.45, 7) is 9.49. The third-order valence-corrected chi connectivity index (χ3v) is 6.90. The van der Waals surface area contributed by atoms with Crippen molar-refractivity contribution in [3.8, 4) is 11.1 Å². The van der Waals surface area contributed by atoms with E-state index in [2.05, 4.69) is 0 Å². The smallest absolute Gasteiger partial charge is 0.443 e. The van der Waals surface area contributed by atoms with Crippen LogP contribution in [0.15, 0.2) is 42.5 Å². The maximum atomic E-state index is 14.3. The molecule has 41 heavy (non-hydrogen) atoms. The van der Waals surface area contributed by atoms with E-state index in [9.17, 15) is 23.9 Å². The number of aliphatic hydroxyl groups excluding tert-OH is 1. The average Bonchev–Trinajstić information content (AvgIpc) is 3.13. The third-order valence-electron chi connectivity index (χ3n) is 6.66. The van der Waals surface area contributed by atoms with Crippen molar-refractivity contribution in [1.82, 2.24) is 4.90 Å². The molecule has 3 rings (SSSR count). The van der Waals surface area contributed by atoms with Gasteiger partial charge in [0.05, 0.1) is 5.41 Å². The van der Waals surface area contributed by atoms with Crippen molar-refractivity contribution in [1.29, 1.82) is 0 Å². The van der Waals surface area contributed by atoms with Gasteiger partial charge >= 0.3 is 12.2 Å². The third kappa shape index (κ3) is 8.66. The topological polar surface area (TPSA) is 102 Å². The zero-order valence-electron chi connectivity index (χ0n) is 24.5. The van der Waals surface area contributed by atoms with Gasteiger partial charge < -0.3 is 19.3 Å². The van der Waals surface area contributed by atoms with Crippen LogP contribution in [0.1, 0.15) is 66.4 Å². The quantitative estimate of drug-likeness (QED) is 0.332. The molecular weight excluding hydrogens is 553 g/mol. The van der Waals surface area contributed by atoms with E-state index < -0.39 is 40.8 Å². The minimum absolute atomic E-state index is 0.00960. The highest BCUT2D eigenvalue weighted by Crippen LogP contribution is 2.42. The van der Waals surface area contributed by atoms with Crippen molar-refractivity contribution in [2.45, 2.75) is 84.5 Å². The zero-order valence-corrected chi connectivity index (χ0v) is 25.2. The largest absolute Gasteiger partial charge is 0.508 e. The van der Waals surface area contributed by atoms with E-state index in [1.807, 2.05) is 12.1 Å². The first-order chi connectivity index (χ1) is 19.0. The Morgan fingerprint density at radius 1 is 1.05 bits per heavy atom. The van der Waals surface area contributed by atoms with Crippen molar-refractivity contribution < 1.29 is 38.1 Å². The standard InChI is InChI=1S/C31H39ClFNO7/c1-29(2,3)40-27(37)34-23(18-31(15-16-35,26(34)36)19-39-28(38)41-30(4,5)6)13-9-20-7-10-21(11-8-20)24-17-22(32)12-14-25(24)33/h7-8,10-12,14,17,23,35H,9,13,15-16,18-19H2,1-6H3/t23-,31?/m1/s1. The number of halogens is 2. The maximum Gasteiger partial charge on any atom is 0.508 e. The normalized spacial score (nSPS) is 19.3. The first-order valence-corrected chi connectivity index (χ1v) is 14.0. The van der Waals surface area contributed by atoms with Gasteiger partial charge in [0.15, 0.2) is 0 Å². The molecule has 1 aliphatic heterocycles. The van der Waals surface area contributed by atoms with Gasteiger partial charge in [-0.3, -0.25) is 4.79 Å². The van der Waals surface area contributed by atoms with Gasteiger partial charge in [-0.1, -0.05) is 35.9 Å². The maximum absolute atomic E-state index is 14.3. The highest BCUT2D eigenvalue weighted by atomic mass is 35.5. The molecule has 0 aliphatic carbocycles. The van der Waals surface area contributed by atoms with Crippen LogP contribution in [0.5, 0.6) is 0 Å². The Labute approximate surface area is 245 Å². The SMILES string of the molecule is CC(C)(C)OC(=O)OCC1(CCO)C[C@@H](CCc2ccc(-c3cc(Cl)ccc3F)cc2)N(C(=O)OC(C)(C)C)C1=O. The van der Waals surface area contributed by atoms with Gasteiger partial charge in [-0.15, -0.1) is 0 Å². The molecule has 1 heterocycles. The number of hydrogen-bond donors (Lipinski definition) is 1.